The Morgan fingerprint density at radius 1 is 1.35 bits per heavy atom. The van der Waals surface area contributed by atoms with Crippen molar-refractivity contribution in [1.29, 1.82) is 0 Å². The number of imidazole rings is 1. The van der Waals surface area contributed by atoms with Crippen molar-refractivity contribution in [2.75, 3.05) is 0 Å². The Morgan fingerprint density at radius 3 is 2.74 bits per heavy atom. The monoisotopic (exact) mass is 393 g/mol. The number of rotatable bonds is 7. The second-order valence-corrected chi connectivity index (χ2v) is 8.59. The molecule has 0 saturated heterocycles. The first-order chi connectivity index (χ1) is 10.9. The summed E-state index contributed by atoms with van der Waals surface area (Å²) in [7, 11) is 0. The van der Waals surface area contributed by atoms with Gasteiger partial charge >= 0.3 is 0 Å². The highest BCUT2D eigenvalue weighted by Gasteiger charge is 2.35. The lowest BCUT2D eigenvalue weighted by Gasteiger charge is -2.24. The fourth-order valence-corrected chi connectivity index (χ4v) is 3.46. The van der Waals surface area contributed by atoms with Gasteiger partial charge in [0.15, 0.2) is 5.16 Å². The molecule has 1 atom stereocenters. The average Bonchev–Trinajstić information content (AvgIpc) is 2.88. The van der Waals surface area contributed by atoms with Crippen LogP contribution < -0.4 is 5.32 Å². The van der Waals surface area contributed by atoms with Crippen LogP contribution in [0.15, 0.2) is 29.4 Å². The first kappa shape index (κ1) is 18.7. The molecule has 0 saturated carbocycles. The van der Waals surface area contributed by atoms with Crippen molar-refractivity contribution in [2.45, 2.75) is 46.9 Å². The van der Waals surface area contributed by atoms with Crippen molar-refractivity contribution in [3.8, 4) is 0 Å². The van der Waals surface area contributed by atoms with Gasteiger partial charge in [-0.3, -0.25) is 4.79 Å². The summed E-state index contributed by atoms with van der Waals surface area (Å²) in [6.45, 7) is 2.08. The maximum Gasteiger partial charge on any atom is 0.221 e. The van der Waals surface area contributed by atoms with E-state index in [4.69, 9.17) is 34.8 Å². The van der Waals surface area contributed by atoms with Crippen LogP contribution in [0.2, 0.25) is 0 Å². The Balaban J connectivity index is 2.05. The van der Waals surface area contributed by atoms with E-state index in [2.05, 4.69) is 22.2 Å². The molecule has 1 aromatic carbocycles. The highest BCUT2D eigenvalue weighted by atomic mass is 35.6. The number of benzene rings is 1. The van der Waals surface area contributed by atoms with Gasteiger partial charge in [-0.2, -0.15) is 0 Å². The fourth-order valence-electron chi connectivity index (χ4n) is 2.03. The van der Waals surface area contributed by atoms with Crippen molar-refractivity contribution in [3.05, 3.63) is 24.3 Å². The number of amides is 1. The van der Waals surface area contributed by atoms with E-state index in [9.17, 15) is 4.79 Å². The summed E-state index contributed by atoms with van der Waals surface area (Å²) in [6.07, 6.45) is 3.30. The summed E-state index contributed by atoms with van der Waals surface area (Å²) in [5, 5.41) is 2.65. The smallest absolute Gasteiger partial charge is 0.221 e. The van der Waals surface area contributed by atoms with Crippen molar-refractivity contribution < 1.29 is 4.79 Å². The van der Waals surface area contributed by atoms with E-state index >= 15 is 0 Å². The molecule has 0 aliphatic carbocycles. The number of carbonyl (C=O) groups excluding carboxylic acids is 1. The molecule has 1 aromatic heterocycles. The summed E-state index contributed by atoms with van der Waals surface area (Å²) in [4.78, 5) is 19.6. The molecule has 1 amide bonds. The largest absolute Gasteiger partial charge is 0.340 e. The second kappa shape index (κ2) is 8.47. The number of aromatic nitrogens is 2. The number of aromatic amines is 1. The minimum absolute atomic E-state index is 0.126. The van der Waals surface area contributed by atoms with Gasteiger partial charge in [-0.1, -0.05) is 78.5 Å². The third kappa shape index (κ3) is 5.75. The lowest BCUT2D eigenvalue weighted by Crippen LogP contribution is -2.41. The predicted octanol–water partition coefficient (Wildman–Crippen LogP) is 5.05. The molecule has 0 bridgehead atoms. The normalized spacial score (nSPS) is 13.2. The Bertz CT molecular complexity index is 624. The predicted molar refractivity (Wildman–Crippen MR) is 98.3 cm³/mol. The Morgan fingerprint density at radius 2 is 2.09 bits per heavy atom. The number of nitrogens with zero attached hydrogens (tertiary/aromatic N) is 1. The van der Waals surface area contributed by atoms with Gasteiger partial charge in [0.1, 0.15) is 5.37 Å². The number of alkyl halides is 3. The van der Waals surface area contributed by atoms with Crippen molar-refractivity contribution in [1.82, 2.24) is 15.3 Å². The molecule has 23 heavy (non-hydrogen) atoms. The molecule has 1 heterocycles. The fraction of sp³-hybridized carbons (Fsp3) is 0.467. The van der Waals surface area contributed by atoms with E-state index in [0.29, 0.717) is 11.6 Å². The molecule has 126 valence electrons. The molecule has 0 aliphatic rings. The molecule has 0 unspecified atom stereocenters. The van der Waals surface area contributed by atoms with Crippen LogP contribution >= 0.6 is 46.6 Å². The van der Waals surface area contributed by atoms with Crippen molar-refractivity contribution in [3.63, 3.8) is 0 Å². The lowest BCUT2D eigenvalue weighted by molar-refractivity contribution is -0.121. The number of unbranched alkanes of at least 4 members (excludes halogenated alkanes) is 2. The van der Waals surface area contributed by atoms with Crippen LogP contribution in [-0.2, 0) is 4.79 Å². The lowest BCUT2D eigenvalue weighted by atomic mass is 10.2. The maximum absolute atomic E-state index is 12.0. The highest BCUT2D eigenvalue weighted by Crippen LogP contribution is 2.38. The molecule has 2 N–H and O–H groups in total. The van der Waals surface area contributed by atoms with Gasteiger partial charge in [-0.05, 0) is 18.6 Å². The SMILES string of the molecule is CCCCCC(=O)N[C@H](Sc1nc2ccccc2[nH]1)C(Cl)(Cl)Cl. The Kier molecular flexibility index (Phi) is 6.89. The van der Waals surface area contributed by atoms with Gasteiger partial charge in [0, 0.05) is 6.42 Å². The third-order valence-corrected chi connectivity index (χ3v) is 5.36. The summed E-state index contributed by atoms with van der Waals surface area (Å²) >= 11 is 19.2. The van der Waals surface area contributed by atoms with E-state index in [1.54, 1.807) is 0 Å². The Labute approximate surface area is 154 Å². The van der Waals surface area contributed by atoms with Gasteiger partial charge in [0.05, 0.1) is 11.0 Å². The van der Waals surface area contributed by atoms with E-state index in [0.717, 1.165) is 30.3 Å². The molecule has 0 aliphatic heterocycles. The van der Waals surface area contributed by atoms with Gasteiger partial charge in [-0.15, -0.1) is 0 Å². The van der Waals surface area contributed by atoms with Crippen LogP contribution in [-0.4, -0.2) is 25.0 Å². The first-order valence-electron chi connectivity index (χ1n) is 7.37. The molecule has 0 radical (unpaired) electrons. The minimum Gasteiger partial charge on any atom is -0.340 e. The van der Waals surface area contributed by atoms with Crippen LogP contribution in [0.25, 0.3) is 11.0 Å². The number of hydrogen-bond donors (Lipinski definition) is 2. The van der Waals surface area contributed by atoms with E-state index in [1.165, 1.54) is 11.8 Å². The number of carbonyl (C=O) groups is 1. The number of nitrogens with one attached hydrogen (secondary N) is 2. The zero-order valence-electron chi connectivity index (χ0n) is 12.6. The summed E-state index contributed by atoms with van der Waals surface area (Å²) < 4.78 is -1.63. The first-order valence-corrected chi connectivity index (χ1v) is 9.39. The topological polar surface area (TPSA) is 57.8 Å². The number of fused-ring (bicyclic) bond motifs is 1. The number of thioether (sulfide) groups is 1. The molecular formula is C15H18Cl3N3OS. The second-order valence-electron chi connectivity index (χ2n) is 5.12. The molecule has 0 fully saturated rings. The van der Waals surface area contributed by atoms with E-state index in [1.807, 2.05) is 24.3 Å². The van der Waals surface area contributed by atoms with Crippen LogP contribution in [0.5, 0.6) is 0 Å². The van der Waals surface area contributed by atoms with Crippen LogP contribution in [0.3, 0.4) is 0 Å². The molecule has 8 heteroatoms. The number of halogens is 3. The number of H-pyrrole nitrogens is 1. The number of para-hydroxylation sites is 2. The van der Waals surface area contributed by atoms with Crippen molar-refractivity contribution >= 4 is 63.5 Å². The molecule has 2 aromatic rings. The van der Waals surface area contributed by atoms with Crippen LogP contribution in [0.4, 0.5) is 0 Å². The molecule has 2 rings (SSSR count). The standard InChI is InChI=1S/C15H18Cl3N3OS/c1-2-3-4-9-12(22)21-13(15(16,17)18)23-14-19-10-7-5-6-8-11(10)20-14/h5-8,13H,2-4,9H2,1H3,(H,19,20)(H,21,22)/t13-/m1/s1. The Hall–Kier alpha value is -0.620. The summed E-state index contributed by atoms with van der Waals surface area (Å²) in [5.74, 6) is -0.126. The summed E-state index contributed by atoms with van der Waals surface area (Å²) in [5.41, 5.74) is 1.72. The zero-order chi connectivity index (χ0) is 16.9. The van der Waals surface area contributed by atoms with Crippen LogP contribution in [0.1, 0.15) is 32.6 Å². The quantitative estimate of drug-likeness (QED) is 0.299. The number of hydrogen-bond acceptors (Lipinski definition) is 3. The third-order valence-electron chi connectivity index (χ3n) is 3.19. The zero-order valence-corrected chi connectivity index (χ0v) is 15.7. The van der Waals surface area contributed by atoms with Crippen molar-refractivity contribution in [2.24, 2.45) is 0 Å². The van der Waals surface area contributed by atoms with E-state index in [-0.39, 0.29) is 5.91 Å². The molecule has 0 spiro atoms. The van der Waals surface area contributed by atoms with Gasteiger partial charge in [-0.25, -0.2) is 4.98 Å². The van der Waals surface area contributed by atoms with E-state index < -0.39 is 9.17 Å². The van der Waals surface area contributed by atoms with Gasteiger partial charge in [0.25, 0.3) is 0 Å². The molecule has 4 nitrogen and oxygen atoms in total. The maximum atomic E-state index is 12.0. The minimum atomic E-state index is -1.63. The van der Waals surface area contributed by atoms with Crippen LogP contribution in [0, 0.1) is 0 Å². The highest BCUT2D eigenvalue weighted by molar-refractivity contribution is 8.00. The van der Waals surface area contributed by atoms with Gasteiger partial charge < -0.3 is 10.3 Å². The van der Waals surface area contributed by atoms with Gasteiger partial charge in [0.2, 0.25) is 9.70 Å². The summed E-state index contributed by atoms with van der Waals surface area (Å²) in [6, 6.07) is 7.63. The molecular weight excluding hydrogens is 377 g/mol. The average molecular weight is 395 g/mol.